The number of benzene rings is 1. The van der Waals surface area contributed by atoms with E-state index in [-0.39, 0.29) is 0 Å². The van der Waals surface area contributed by atoms with Crippen LogP contribution in [0, 0.1) is 6.92 Å². The van der Waals surface area contributed by atoms with Gasteiger partial charge in [0.15, 0.2) is 0 Å². The Balaban J connectivity index is 2.48. The molecule has 0 unspecified atom stereocenters. The van der Waals surface area contributed by atoms with Gasteiger partial charge in [-0.1, -0.05) is 18.2 Å². The van der Waals surface area contributed by atoms with Gasteiger partial charge in [0.1, 0.15) is 0 Å². The molecule has 1 aromatic rings. The van der Waals surface area contributed by atoms with Crippen molar-refractivity contribution in [3.63, 3.8) is 0 Å². The van der Waals surface area contributed by atoms with Crippen LogP contribution in [0.3, 0.4) is 0 Å². The smallest absolute Gasteiger partial charge is 0.0233 e. The van der Waals surface area contributed by atoms with Gasteiger partial charge in [-0.15, -0.1) is 0 Å². The molecule has 0 aliphatic carbocycles. The third-order valence-electron chi connectivity index (χ3n) is 3.24. The monoisotopic (exact) mass is 201 g/mol. The Kier molecular flexibility index (Phi) is 2.66. The van der Waals surface area contributed by atoms with Crippen molar-refractivity contribution >= 4 is 5.57 Å². The maximum Gasteiger partial charge on any atom is 0.0233 e. The Morgan fingerprint density at radius 3 is 2.80 bits per heavy atom. The summed E-state index contributed by atoms with van der Waals surface area (Å²) in [5.41, 5.74) is 6.93. The van der Waals surface area contributed by atoms with Crippen molar-refractivity contribution in [3.05, 3.63) is 41.0 Å². The van der Waals surface area contributed by atoms with Crippen molar-refractivity contribution in [2.45, 2.75) is 26.8 Å². The summed E-state index contributed by atoms with van der Waals surface area (Å²) in [5, 5.41) is 0. The van der Waals surface area contributed by atoms with Crippen molar-refractivity contribution in [2.24, 2.45) is 0 Å². The molecule has 0 atom stereocenters. The van der Waals surface area contributed by atoms with Gasteiger partial charge < -0.3 is 4.90 Å². The van der Waals surface area contributed by atoms with Crippen LogP contribution in [-0.4, -0.2) is 18.5 Å². The second-order valence-electron chi connectivity index (χ2n) is 4.70. The van der Waals surface area contributed by atoms with E-state index in [0.29, 0.717) is 0 Å². The fourth-order valence-electron chi connectivity index (χ4n) is 2.31. The van der Waals surface area contributed by atoms with E-state index in [2.05, 4.69) is 44.5 Å². The standard InChI is InChI=1S/C14H19N/c1-10(2)12-7-11(3)14-5-6-15(4)9-13(14)8-12/h7-8H,1,5-6,9H2,2-4H3. The van der Waals surface area contributed by atoms with E-state index < -0.39 is 0 Å². The van der Waals surface area contributed by atoms with Crippen LogP contribution < -0.4 is 0 Å². The highest BCUT2D eigenvalue weighted by molar-refractivity contribution is 5.64. The largest absolute Gasteiger partial charge is 0.302 e. The number of rotatable bonds is 1. The summed E-state index contributed by atoms with van der Waals surface area (Å²) >= 11 is 0. The molecule has 1 aliphatic heterocycles. The second-order valence-corrected chi connectivity index (χ2v) is 4.70. The zero-order valence-corrected chi connectivity index (χ0v) is 9.93. The molecule has 0 N–H and O–H groups in total. The first-order chi connectivity index (χ1) is 7.08. The summed E-state index contributed by atoms with van der Waals surface area (Å²) in [7, 11) is 2.19. The summed E-state index contributed by atoms with van der Waals surface area (Å²) in [4.78, 5) is 2.38. The van der Waals surface area contributed by atoms with Crippen molar-refractivity contribution < 1.29 is 0 Å². The SMILES string of the molecule is C=C(C)c1cc(C)c2c(c1)CN(C)CC2. The minimum Gasteiger partial charge on any atom is -0.302 e. The number of aryl methyl sites for hydroxylation is 1. The summed E-state index contributed by atoms with van der Waals surface area (Å²) in [5.74, 6) is 0. The molecule has 0 fully saturated rings. The molecule has 2 rings (SSSR count). The molecule has 0 spiro atoms. The highest BCUT2D eigenvalue weighted by atomic mass is 15.1. The van der Waals surface area contributed by atoms with E-state index in [9.17, 15) is 0 Å². The van der Waals surface area contributed by atoms with Crippen molar-refractivity contribution in [3.8, 4) is 0 Å². The van der Waals surface area contributed by atoms with Gasteiger partial charge in [0.2, 0.25) is 0 Å². The van der Waals surface area contributed by atoms with Gasteiger partial charge in [-0.25, -0.2) is 0 Å². The van der Waals surface area contributed by atoms with Gasteiger partial charge in [0, 0.05) is 13.1 Å². The molecule has 1 heterocycles. The molecule has 0 saturated heterocycles. The van der Waals surface area contributed by atoms with Crippen LogP contribution in [-0.2, 0) is 13.0 Å². The lowest BCUT2D eigenvalue weighted by Crippen LogP contribution is -2.27. The molecule has 0 saturated carbocycles. The fraction of sp³-hybridized carbons (Fsp3) is 0.429. The molecular weight excluding hydrogens is 182 g/mol. The highest BCUT2D eigenvalue weighted by Crippen LogP contribution is 2.25. The highest BCUT2D eigenvalue weighted by Gasteiger charge is 2.15. The minimum atomic E-state index is 1.08. The number of likely N-dealkylation sites (N-methyl/N-ethyl adjacent to an activating group) is 1. The van der Waals surface area contributed by atoms with Gasteiger partial charge in [0.05, 0.1) is 0 Å². The summed E-state index contributed by atoms with van der Waals surface area (Å²) in [6.07, 6.45) is 1.19. The lowest BCUT2D eigenvalue weighted by Gasteiger charge is -2.27. The van der Waals surface area contributed by atoms with E-state index >= 15 is 0 Å². The topological polar surface area (TPSA) is 3.24 Å². The van der Waals surface area contributed by atoms with Crippen molar-refractivity contribution in [2.75, 3.05) is 13.6 Å². The summed E-state index contributed by atoms with van der Waals surface area (Å²) < 4.78 is 0. The average Bonchev–Trinajstić information content (AvgIpc) is 2.16. The summed E-state index contributed by atoms with van der Waals surface area (Å²) in [6.45, 7) is 10.6. The minimum absolute atomic E-state index is 1.08. The van der Waals surface area contributed by atoms with Crippen LogP contribution in [0.15, 0.2) is 18.7 Å². The maximum atomic E-state index is 4.02. The first kappa shape index (κ1) is 10.4. The van der Waals surface area contributed by atoms with Gasteiger partial charge in [-0.3, -0.25) is 0 Å². The van der Waals surface area contributed by atoms with Gasteiger partial charge >= 0.3 is 0 Å². The first-order valence-electron chi connectivity index (χ1n) is 5.55. The lowest BCUT2D eigenvalue weighted by molar-refractivity contribution is 0.312. The van der Waals surface area contributed by atoms with Gasteiger partial charge in [-0.05, 0) is 55.6 Å². The Hall–Kier alpha value is -1.08. The quantitative estimate of drug-likeness (QED) is 0.675. The molecule has 0 amide bonds. The number of hydrogen-bond acceptors (Lipinski definition) is 1. The molecule has 1 aliphatic rings. The Morgan fingerprint density at radius 2 is 2.13 bits per heavy atom. The van der Waals surface area contributed by atoms with Crippen LogP contribution in [0.1, 0.15) is 29.2 Å². The lowest BCUT2D eigenvalue weighted by atomic mass is 9.91. The average molecular weight is 201 g/mol. The zero-order chi connectivity index (χ0) is 11.0. The van der Waals surface area contributed by atoms with Crippen molar-refractivity contribution in [1.29, 1.82) is 0 Å². The van der Waals surface area contributed by atoms with Gasteiger partial charge in [0.25, 0.3) is 0 Å². The fourth-order valence-corrected chi connectivity index (χ4v) is 2.31. The molecular formula is C14H19N. The third kappa shape index (κ3) is 1.98. The van der Waals surface area contributed by atoms with Crippen molar-refractivity contribution in [1.82, 2.24) is 4.90 Å². The molecule has 1 heteroatoms. The van der Waals surface area contributed by atoms with Crippen LogP contribution in [0.2, 0.25) is 0 Å². The molecule has 0 radical (unpaired) electrons. The first-order valence-corrected chi connectivity index (χ1v) is 5.55. The van der Waals surface area contributed by atoms with E-state index in [1.54, 1.807) is 5.56 Å². The predicted molar refractivity (Wildman–Crippen MR) is 65.9 cm³/mol. The maximum absolute atomic E-state index is 4.02. The Labute approximate surface area is 92.4 Å². The van der Waals surface area contributed by atoms with E-state index in [0.717, 1.165) is 12.1 Å². The molecule has 0 aromatic heterocycles. The van der Waals surface area contributed by atoms with E-state index in [1.807, 2.05) is 0 Å². The molecule has 0 bridgehead atoms. The Morgan fingerprint density at radius 1 is 1.40 bits per heavy atom. The van der Waals surface area contributed by atoms with Crippen LogP contribution >= 0.6 is 0 Å². The number of allylic oxidation sites excluding steroid dienone is 1. The van der Waals surface area contributed by atoms with E-state index in [1.165, 1.54) is 29.7 Å². The predicted octanol–water partition coefficient (Wildman–Crippen LogP) is 3.02. The number of nitrogens with zero attached hydrogens (tertiary/aromatic N) is 1. The van der Waals surface area contributed by atoms with Gasteiger partial charge in [-0.2, -0.15) is 0 Å². The zero-order valence-electron chi connectivity index (χ0n) is 9.93. The molecule has 80 valence electrons. The van der Waals surface area contributed by atoms with Crippen LogP contribution in [0.5, 0.6) is 0 Å². The molecule has 1 aromatic carbocycles. The van der Waals surface area contributed by atoms with Crippen LogP contribution in [0.4, 0.5) is 0 Å². The summed E-state index contributed by atoms with van der Waals surface area (Å²) in [6, 6.07) is 4.58. The van der Waals surface area contributed by atoms with E-state index in [4.69, 9.17) is 0 Å². The normalized spacial score (nSPS) is 16.2. The molecule has 15 heavy (non-hydrogen) atoms. The number of fused-ring (bicyclic) bond motifs is 1. The van der Waals surface area contributed by atoms with Crippen LogP contribution in [0.25, 0.3) is 5.57 Å². The number of hydrogen-bond donors (Lipinski definition) is 0. The molecule has 1 nitrogen and oxygen atoms in total. The third-order valence-corrected chi connectivity index (χ3v) is 3.24. The second kappa shape index (κ2) is 3.82. The Bertz CT molecular complexity index is 404.